The molecule has 1 aromatic carbocycles. The zero-order valence-electron chi connectivity index (χ0n) is 10.4. The Morgan fingerprint density at radius 1 is 1.28 bits per heavy atom. The van der Waals surface area contributed by atoms with E-state index in [1.54, 1.807) is 13.8 Å². The molecule has 2 N–H and O–H groups in total. The monoisotopic (exact) mass is 253 g/mol. The first-order valence-corrected chi connectivity index (χ1v) is 5.60. The fourth-order valence-electron chi connectivity index (χ4n) is 1.46. The van der Waals surface area contributed by atoms with Crippen LogP contribution >= 0.6 is 0 Å². The lowest BCUT2D eigenvalue weighted by Gasteiger charge is -2.25. The molecule has 0 radical (unpaired) electrons. The number of nitrogens with one attached hydrogen (secondary N) is 1. The van der Waals surface area contributed by atoms with E-state index >= 15 is 0 Å². The van der Waals surface area contributed by atoms with Gasteiger partial charge in [-0.3, -0.25) is 9.59 Å². The first-order valence-electron chi connectivity index (χ1n) is 5.60. The van der Waals surface area contributed by atoms with E-state index in [9.17, 15) is 14.0 Å². The largest absolute Gasteiger partial charge is 0.481 e. The Kier molecular flexibility index (Phi) is 4.42. The van der Waals surface area contributed by atoms with Crippen molar-refractivity contribution in [3.8, 4) is 0 Å². The molecule has 18 heavy (non-hydrogen) atoms. The molecule has 0 spiro atoms. The second-order valence-electron chi connectivity index (χ2n) is 4.74. The molecule has 1 rings (SSSR count). The number of carboxylic acid groups (broad SMARTS) is 1. The molecule has 5 heteroatoms. The van der Waals surface area contributed by atoms with Gasteiger partial charge < -0.3 is 10.4 Å². The van der Waals surface area contributed by atoms with Crippen molar-refractivity contribution in [1.82, 2.24) is 5.32 Å². The maximum atomic E-state index is 12.7. The van der Waals surface area contributed by atoms with E-state index in [0.717, 1.165) is 0 Å². The van der Waals surface area contributed by atoms with Crippen LogP contribution in [-0.4, -0.2) is 22.5 Å². The van der Waals surface area contributed by atoms with Gasteiger partial charge in [-0.15, -0.1) is 0 Å². The number of rotatable bonds is 5. The minimum atomic E-state index is -0.904. The Morgan fingerprint density at radius 3 is 2.33 bits per heavy atom. The number of carboxylic acids is 1. The third-order valence-corrected chi connectivity index (χ3v) is 2.52. The summed E-state index contributed by atoms with van der Waals surface area (Å²) in [5.41, 5.74) is -0.274. The number of hydrogen-bond donors (Lipinski definition) is 2. The first kappa shape index (κ1) is 14.2. The molecular formula is C13H16FNO3. The predicted molar refractivity (Wildman–Crippen MR) is 64.8 cm³/mol. The lowest BCUT2D eigenvalue weighted by molar-refractivity contribution is -0.137. The quantitative estimate of drug-likeness (QED) is 0.845. The molecule has 1 amide bonds. The van der Waals surface area contributed by atoms with Crippen molar-refractivity contribution in [2.45, 2.75) is 32.2 Å². The van der Waals surface area contributed by atoms with E-state index in [4.69, 9.17) is 5.11 Å². The van der Waals surface area contributed by atoms with Gasteiger partial charge in [-0.1, -0.05) is 0 Å². The number of halogens is 1. The highest BCUT2D eigenvalue weighted by atomic mass is 19.1. The smallest absolute Gasteiger partial charge is 0.303 e. The van der Waals surface area contributed by atoms with Crippen LogP contribution in [0, 0.1) is 5.82 Å². The molecule has 0 unspecified atom stereocenters. The van der Waals surface area contributed by atoms with Gasteiger partial charge in [0.25, 0.3) is 5.91 Å². The van der Waals surface area contributed by atoms with Crippen molar-refractivity contribution in [3.05, 3.63) is 35.6 Å². The van der Waals surface area contributed by atoms with Crippen LogP contribution in [0.2, 0.25) is 0 Å². The van der Waals surface area contributed by atoms with E-state index < -0.39 is 17.3 Å². The SMILES string of the molecule is CC(C)(CCC(=O)O)NC(=O)c1ccc(F)cc1. The summed E-state index contributed by atoms with van der Waals surface area (Å²) in [5.74, 6) is -1.65. The zero-order chi connectivity index (χ0) is 13.8. The molecule has 0 aromatic heterocycles. The number of amides is 1. The third kappa shape index (κ3) is 4.53. The van der Waals surface area contributed by atoms with Crippen molar-refractivity contribution in [2.75, 3.05) is 0 Å². The molecule has 0 aliphatic rings. The number of carbonyl (C=O) groups is 2. The van der Waals surface area contributed by atoms with Crippen LogP contribution in [0.3, 0.4) is 0 Å². The first-order chi connectivity index (χ1) is 8.30. The van der Waals surface area contributed by atoms with Crippen LogP contribution in [0.1, 0.15) is 37.0 Å². The van der Waals surface area contributed by atoms with Gasteiger partial charge >= 0.3 is 5.97 Å². The highest BCUT2D eigenvalue weighted by molar-refractivity contribution is 5.94. The van der Waals surface area contributed by atoms with Crippen LogP contribution in [-0.2, 0) is 4.79 Å². The fraction of sp³-hybridized carbons (Fsp3) is 0.385. The molecule has 4 nitrogen and oxygen atoms in total. The minimum Gasteiger partial charge on any atom is -0.481 e. The van der Waals surface area contributed by atoms with E-state index in [-0.39, 0.29) is 12.3 Å². The highest BCUT2D eigenvalue weighted by Crippen LogP contribution is 2.13. The van der Waals surface area contributed by atoms with Crippen molar-refractivity contribution in [3.63, 3.8) is 0 Å². The third-order valence-electron chi connectivity index (χ3n) is 2.52. The second-order valence-corrected chi connectivity index (χ2v) is 4.74. The van der Waals surface area contributed by atoms with E-state index in [1.807, 2.05) is 0 Å². The molecule has 0 bridgehead atoms. The van der Waals surface area contributed by atoms with Crippen LogP contribution in [0.25, 0.3) is 0 Å². The zero-order valence-corrected chi connectivity index (χ0v) is 10.4. The standard InChI is InChI=1S/C13H16FNO3/c1-13(2,8-7-11(16)17)15-12(18)9-3-5-10(14)6-4-9/h3-6H,7-8H2,1-2H3,(H,15,18)(H,16,17). The van der Waals surface area contributed by atoms with Crippen molar-refractivity contribution in [1.29, 1.82) is 0 Å². The molecule has 1 aromatic rings. The molecule has 0 aliphatic heterocycles. The van der Waals surface area contributed by atoms with Crippen LogP contribution in [0.5, 0.6) is 0 Å². The average Bonchev–Trinajstić information content (AvgIpc) is 2.27. The second kappa shape index (κ2) is 5.62. The maximum Gasteiger partial charge on any atom is 0.303 e. The topological polar surface area (TPSA) is 66.4 Å². The van der Waals surface area contributed by atoms with E-state index in [1.165, 1.54) is 24.3 Å². The molecule has 0 saturated heterocycles. The van der Waals surface area contributed by atoms with Crippen LogP contribution in [0.15, 0.2) is 24.3 Å². The Hall–Kier alpha value is -1.91. The van der Waals surface area contributed by atoms with Gasteiger partial charge in [0.05, 0.1) is 0 Å². The Labute approximate surface area is 105 Å². The summed E-state index contributed by atoms with van der Waals surface area (Å²) in [6.07, 6.45) is 0.311. The highest BCUT2D eigenvalue weighted by Gasteiger charge is 2.22. The van der Waals surface area contributed by atoms with Crippen LogP contribution in [0.4, 0.5) is 4.39 Å². The summed E-state index contributed by atoms with van der Waals surface area (Å²) in [4.78, 5) is 22.3. The molecule has 0 aliphatic carbocycles. The lowest BCUT2D eigenvalue weighted by atomic mass is 9.98. The molecular weight excluding hydrogens is 237 g/mol. The molecule has 0 atom stereocenters. The molecule has 0 heterocycles. The summed E-state index contributed by atoms with van der Waals surface area (Å²) in [5, 5.41) is 11.3. The number of aliphatic carboxylic acids is 1. The van der Waals surface area contributed by atoms with Gasteiger partial charge in [-0.2, -0.15) is 0 Å². The average molecular weight is 253 g/mol. The lowest BCUT2D eigenvalue weighted by Crippen LogP contribution is -2.43. The van der Waals surface area contributed by atoms with Gasteiger partial charge in [0.1, 0.15) is 5.82 Å². The van der Waals surface area contributed by atoms with Gasteiger partial charge in [0, 0.05) is 17.5 Å². The van der Waals surface area contributed by atoms with Gasteiger partial charge in [-0.25, -0.2) is 4.39 Å². The van der Waals surface area contributed by atoms with Crippen molar-refractivity contribution >= 4 is 11.9 Å². The van der Waals surface area contributed by atoms with Crippen LogP contribution < -0.4 is 5.32 Å². The van der Waals surface area contributed by atoms with Crippen molar-refractivity contribution < 1.29 is 19.1 Å². The van der Waals surface area contributed by atoms with E-state index in [0.29, 0.717) is 12.0 Å². The molecule has 0 saturated carbocycles. The number of benzene rings is 1. The summed E-state index contributed by atoms with van der Waals surface area (Å²) >= 11 is 0. The van der Waals surface area contributed by atoms with Gasteiger partial charge in [0.15, 0.2) is 0 Å². The van der Waals surface area contributed by atoms with Gasteiger partial charge in [0.2, 0.25) is 0 Å². The predicted octanol–water partition coefficient (Wildman–Crippen LogP) is 2.20. The Balaban J connectivity index is 2.63. The Morgan fingerprint density at radius 2 is 1.83 bits per heavy atom. The summed E-state index contributed by atoms with van der Waals surface area (Å²) < 4.78 is 12.7. The molecule has 98 valence electrons. The normalized spacial score (nSPS) is 11.1. The summed E-state index contributed by atoms with van der Waals surface area (Å²) in [6.45, 7) is 3.49. The number of carbonyl (C=O) groups excluding carboxylic acids is 1. The summed E-state index contributed by atoms with van der Waals surface area (Å²) in [6, 6.07) is 5.19. The summed E-state index contributed by atoms with van der Waals surface area (Å²) in [7, 11) is 0. The van der Waals surface area contributed by atoms with E-state index in [2.05, 4.69) is 5.32 Å². The van der Waals surface area contributed by atoms with Gasteiger partial charge in [-0.05, 0) is 44.5 Å². The minimum absolute atomic E-state index is 0.0172. The maximum absolute atomic E-state index is 12.7. The Bertz CT molecular complexity index is 440. The molecule has 0 fully saturated rings. The number of hydrogen-bond acceptors (Lipinski definition) is 2. The fourth-order valence-corrected chi connectivity index (χ4v) is 1.46. The van der Waals surface area contributed by atoms with Crippen molar-refractivity contribution in [2.24, 2.45) is 0 Å².